The molecule has 1 N–H and O–H groups in total. The van der Waals surface area contributed by atoms with Crippen LogP contribution in [-0.4, -0.2) is 41.2 Å². The molecule has 1 amide bonds. The van der Waals surface area contributed by atoms with E-state index in [0.29, 0.717) is 30.3 Å². The molecule has 146 valence electrons. The van der Waals surface area contributed by atoms with Crippen LogP contribution in [0.4, 0.5) is 5.69 Å². The van der Waals surface area contributed by atoms with Crippen molar-refractivity contribution < 1.29 is 19.0 Å². The highest BCUT2D eigenvalue weighted by molar-refractivity contribution is 8.00. The first-order chi connectivity index (χ1) is 13.7. The summed E-state index contributed by atoms with van der Waals surface area (Å²) in [5.41, 5.74) is 2.62. The number of amides is 1. The van der Waals surface area contributed by atoms with Gasteiger partial charge in [0.05, 0.1) is 22.9 Å². The van der Waals surface area contributed by atoms with E-state index < -0.39 is 0 Å². The molecule has 7 nitrogen and oxygen atoms in total. The second-order valence-electron chi connectivity index (χ2n) is 6.34. The van der Waals surface area contributed by atoms with Crippen LogP contribution in [0, 0.1) is 0 Å². The van der Waals surface area contributed by atoms with Crippen molar-refractivity contribution in [2.24, 2.45) is 0 Å². The van der Waals surface area contributed by atoms with E-state index in [1.54, 1.807) is 25.3 Å². The molecule has 0 saturated heterocycles. The van der Waals surface area contributed by atoms with E-state index in [9.17, 15) is 4.79 Å². The van der Waals surface area contributed by atoms with Crippen LogP contribution in [0.15, 0.2) is 47.6 Å². The van der Waals surface area contributed by atoms with Crippen molar-refractivity contribution >= 4 is 34.4 Å². The summed E-state index contributed by atoms with van der Waals surface area (Å²) in [7, 11) is 1.67. The number of carbonyl (C=O) groups is 1. The van der Waals surface area contributed by atoms with Crippen molar-refractivity contribution in [2.75, 3.05) is 25.8 Å². The molecule has 3 aromatic rings. The first-order valence-electron chi connectivity index (χ1n) is 8.97. The Hall–Kier alpha value is -2.71. The Labute approximate surface area is 167 Å². The number of nitrogens with one attached hydrogen (secondary N) is 1. The zero-order valence-electron chi connectivity index (χ0n) is 15.7. The summed E-state index contributed by atoms with van der Waals surface area (Å²) in [5.74, 6) is 1.22. The van der Waals surface area contributed by atoms with Gasteiger partial charge in [-0.15, -0.1) is 0 Å². The maximum Gasteiger partial charge on any atom is 0.237 e. The minimum Gasteiger partial charge on any atom is -0.454 e. The number of carbonyl (C=O) groups excluding carboxylic acids is 1. The number of fused-ring (bicyclic) bond motifs is 2. The Morgan fingerprint density at radius 1 is 1.29 bits per heavy atom. The summed E-state index contributed by atoms with van der Waals surface area (Å²) in [5, 5.41) is 3.40. The third-order valence-electron chi connectivity index (χ3n) is 4.43. The van der Waals surface area contributed by atoms with Gasteiger partial charge in [0.25, 0.3) is 0 Å². The second-order valence-corrected chi connectivity index (χ2v) is 7.65. The maximum absolute atomic E-state index is 12.7. The molecule has 8 heteroatoms. The molecule has 1 aliphatic heterocycles. The Kier molecular flexibility index (Phi) is 5.40. The Bertz CT molecular complexity index is 1000. The summed E-state index contributed by atoms with van der Waals surface area (Å²) >= 11 is 1.43. The number of rotatable bonds is 7. The van der Waals surface area contributed by atoms with Crippen molar-refractivity contribution in [3.05, 3.63) is 42.5 Å². The lowest BCUT2D eigenvalue weighted by Crippen LogP contribution is -2.23. The van der Waals surface area contributed by atoms with E-state index in [1.165, 1.54) is 11.8 Å². The molecule has 0 bridgehead atoms. The maximum atomic E-state index is 12.7. The molecule has 0 saturated carbocycles. The number of hydrogen-bond donors (Lipinski definition) is 1. The van der Waals surface area contributed by atoms with Crippen LogP contribution >= 0.6 is 11.8 Å². The number of para-hydroxylation sites is 2. The normalized spacial score (nSPS) is 13.6. The fourth-order valence-corrected chi connectivity index (χ4v) is 3.92. The molecule has 0 spiro atoms. The van der Waals surface area contributed by atoms with Crippen molar-refractivity contribution in [2.45, 2.75) is 23.9 Å². The Morgan fingerprint density at radius 3 is 2.96 bits per heavy atom. The van der Waals surface area contributed by atoms with Crippen molar-refractivity contribution in [1.29, 1.82) is 0 Å². The number of benzene rings is 2. The fourth-order valence-electron chi connectivity index (χ4n) is 2.97. The summed E-state index contributed by atoms with van der Waals surface area (Å²) in [6, 6.07) is 13.3. The molecular weight excluding hydrogens is 378 g/mol. The molecule has 2 heterocycles. The number of imidazole rings is 1. The van der Waals surface area contributed by atoms with Crippen LogP contribution < -0.4 is 14.8 Å². The van der Waals surface area contributed by atoms with Crippen molar-refractivity contribution in [1.82, 2.24) is 9.55 Å². The molecule has 1 aromatic heterocycles. The van der Waals surface area contributed by atoms with Gasteiger partial charge in [0.2, 0.25) is 12.7 Å². The number of aromatic nitrogens is 2. The average molecular weight is 399 g/mol. The smallest absolute Gasteiger partial charge is 0.237 e. The van der Waals surface area contributed by atoms with Crippen LogP contribution in [0.3, 0.4) is 0 Å². The number of anilines is 1. The minimum atomic E-state index is -0.330. The molecule has 2 aromatic carbocycles. The highest BCUT2D eigenvalue weighted by Crippen LogP contribution is 2.34. The molecule has 0 fully saturated rings. The van der Waals surface area contributed by atoms with Gasteiger partial charge in [0.15, 0.2) is 16.7 Å². The fraction of sp³-hybridized carbons (Fsp3) is 0.300. The molecular formula is C20H21N3O4S. The number of ether oxygens (including phenoxy) is 3. The van der Waals surface area contributed by atoms with Gasteiger partial charge < -0.3 is 24.1 Å². The highest BCUT2D eigenvalue weighted by atomic mass is 32.2. The number of nitrogens with zero attached hydrogens (tertiary/aromatic N) is 2. The molecule has 4 rings (SSSR count). The quantitative estimate of drug-likeness (QED) is 0.613. The zero-order chi connectivity index (χ0) is 19.5. The van der Waals surface area contributed by atoms with Crippen LogP contribution in [-0.2, 0) is 16.1 Å². The largest absolute Gasteiger partial charge is 0.454 e. The van der Waals surface area contributed by atoms with Gasteiger partial charge in [0.1, 0.15) is 0 Å². The molecule has 0 unspecified atom stereocenters. The van der Waals surface area contributed by atoms with E-state index >= 15 is 0 Å². The lowest BCUT2D eigenvalue weighted by Gasteiger charge is -2.13. The molecule has 0 radical (unpaired) electrons. The van der Waals surface area contributed by atoms with Crippen LogP contribution in [0.1, 0.15) is 6.92 Å². The van der Waals surface area contributed by atoms with Crippen LogP contribution in [0.5, 0.6) is 11.5 Å². The van der Waals surface area contributed by atoms with Crippen molar-refractivity contribution in [3.63, 3.8) is 0 Å². The number of hydrogen-bond acceptors (Lipinski definition) is 6. The predicted molar refractivity (Wildman–Crippen MR) is 108 cm³/mol. The average Bonchev–Trinajstić information content (AvgIpc) is 3.30. The molecule has 28 heavy (non-hydrogen) atoms. The first kappa shape index (κ1) is 18.6. The molecule has 1 aliphatic rings. The van der Waals surface area contributed by atoms with Gasteiger partial charge in [-0.3, -0.25) is 4.79 Å². The SMILES string of the molecule is COCCn1c(S[C@H](C)C(=O)Nc2ccc3c(c2)OCO3)nc2ccccc21. The van der Waals surface area contributed by atoms with Gasteiger partial charge in [-0.05, 0) is 31.2 Å². The second kappa shape index (κ2) is 8.12. The van der Waals surface area contributed by atoms with Gasteiger partial charge in [-0.25, -0.2) is 4.98 Å². The minimum absolute atomic E-state index is 0.103. The summed E-state index contributed by atoms with van der Waals surface area (Å²) in [6.07, 6.45) is 0. The van der Waals surface area contributed by atoms with E-state index in [0.717, 1.165) is 16.2 Å². The zero-order valence-corrected chi connectivity index (χ0v) is 16.5. The van der Waals surface area contributed by atoms with Gasteiger partial charge >= 0.3 is 0 Å². The monoisotopic (exact) mass is 399 g/mol. The Morgan fingerprint density at radius 2 is 2.11 bits per heavy atom. The van der Waals surface area contributed by atoms with Crippen molar-refractivity contribution in [3.8, 4) is 11.5 Å². The summed E-state index contributed by atoms with van der Waals surface area (Å²) in [4.78, 5) is 17.4. The van der Waals surface area contributed by atoms with Crippen LogP contribution in [0.2, 0.25) is 0 Å². The summed E-state index contributed by atoms with van der Waals surface area (Å²) < 4.78 is 18.0. The lowest BCUT2D eigenvalue weighted by atomic mass is 10.2. The van der Waals surface area contributed by atoms with E-state index in [4.69, 9.17) is 19.2 Å². The van der Waals surface area contributed by atoms with Gasteiger partial charge in [0, 0.05) is 25.4 Å². The van der Waals surface area contributed by atoms with E-state index in [2.05, 4.69) is 9.88 Å². The van der Waals surface area contributed by atoms with Gasteiger partial charge in [-0.1, -0.05) is 23.9 Å². The third-order valence-corrected chi connectivity index (χ3v) is 5.52. The Balaban J connectivity index is 1.49. The predicted octanol–water partition coefficient (Wildman–Crippen LogP) is 3.53. The first-order valence-corrected chi connectivity index (χ1v) is 9.85. The molecule has 0 aliphatic carbocycles. The van der Waals surface area contributed by atoms with Crippen LogP contribution in [0.25, 0.3) is 11.0 Å². The van der Waals surface area contributed by atoms with E-state index in [1.807, 2.05) is 31.2 Å². The van der Waals surface area contributed by atoms with Gasteiger partial charge in [-0.2, -0.15) is 0 Å². The number of methoxy groups -OCH3 is 1. The standard InChI is InChI=1S/C20H21N3O4S/c1-13(19(24)21-14-7-8-17-18(11-14)27-12-26-17)28-20-22-15-5-3-4-6-16(15)23(20)9-10-25-2/h3-8,11,13H,9-10,12H2,1-2H3,(H,21,24)/t13-/m1/s1. The third kappa shape index (κ3) is 3.79. The highest BCUT2D eigenvalue weighted by Gasteiger charge is 2.21. The topological polar surface area (TPSA) is 74.6 Å². The number of thioether (sulfide) groups is 1. The summed E-state index contributed by atoms with van der Waals surface area (Å²) in [6.45, 7) is 3.32. The molecule has 1 atom stereocenters. The lowest BCUT2D eigenvalue weighted by molar-refractivity contribution is -0.115. The van der Waals surface area contributed by atoms with E-state index in [-0.39, 0.29) is 18.0 Å².